The van der Waals surface area contributed by atoms with Crippen LogP contribution in [0, 0.1) is 6.92 Å². The van der Waals surface area contributed by atoms with Crippen LogP contribution in [-0.2, 0) is 40.1 Å². The Hall–Kier alpha value is -3.82. The van der Waals surface area contributed by atoms with Gasteiger partial charge in [0.2, 0.25) is 0 Å². The molecule has 39 heavy (non-hydrogen) atoms. The summed E-state index contributed by atoms with van der Waals surface area (Å²) in [6.07, 6.45) is 3.10. The number of esters is 1. The van der Waals surface area contributed by atoms with Crippen LogP contribution in [0.5, 0.6) is 11.5 Å². The number of aliphatic hydroxyl groups excluding tert-OH is 1. The van der Waals surface area contributed by atoms with E-state index in [2.05, 4.69) is 12.1 Å². The van der Waals surface area contributed by atoms with Crippen LogP contribution < -0.4 is 9.47 Å². The third kappa shape index (κ3) is 6.43. The predicted octanol–water partition coefficient (Wildman–Crippen LogP) is 3.90. The molecule has 208 valence electrons. The summed E-state index contributed by atoms with van der Waals surface area (Å²) in [4.78, 5) is 23.6. The van der Waals surface area contributed by atoms with Gasteiger partial charge in [-0.25, -0.2) is 4.79 Å². The smallest absolute Gasteiger partial charge is 0.339 e. The van der Waals surface area contributed by atoms with Gasteiger partial charge in [-0.3, -0.25) is 4.79 Å². The second-order valence-electron chi connectivity index (χ2n) is 9.75. The number of hydrogen-bond acceptors (Lipinski definition) is 7. The van der Waals surface area contributed by atoms with Crippen molar-refractivity contribution < 1.29 is 38.7 Å². The lowest BCUT2D eigenvalue weighted by molar-refractivity contribution is -0.136. The molecule has 1 aromatic heterocycles. The van der Waals surface area contributed by atoms with E-state index in [1.165, 1.54) is 18.2 Å². The van der Waals surface area contributed by atoms with Crippen LogP contribution in [-0.4, -0.2) is 60.3 Å². The first kappa shape index (κ1) is 28.2. The first-order valence-corrected chi connectivity index (χ1v) is 12.9. The number of aryl methyl sites for hydroxylation is 1. The highest BCUT2D eigenvalue weighted by molar-refractivity contribution is 5.92. The van der Waals surface area contributed by atoms with Crippen molar-refractivity contribution in [1.29, 1.82) is 0 Å². The molecule has 1 aliphatic rings. The molecule has 1 aliphatic carbocycles. The van der Waals surface area contributed by atoms with Crippen molar-refractivity contribution in [3.05, 3.63) is 82.2 Å². The molecule has 9 heteroatoms. The monoisotopic (exact) mass is 537 g/mol. The zero-order valence-electron chi connectivity index (χ0n) is 22.7. The highest BCUT2D eigenvalue weighted by atomic mass is 16.5. The normalized spacial score (nSPS) is 14.5. The first-order valence-electron chi connectivity index (χ1n) is 12.9. The van der Waals surface area contributed by atoms with E-state index in [0.717, 1.165) is 18.4 Å². The number of aliphatic carboxylic acids is 1. The predicted molar refractivity (Wildman–Crippen MR) is 143 cm³/mol. The maximum Gasteiger partial charge on any atom is 0.339 e. The van der Waals surface area contributed by atoms with E-state index in [-0.39, 0.29) is 18.1 Å². The Labute approximate surface area is 227 Å². The largest absolute Gasteiger partial charge is 0.496 e. The number of methoxy groups -OCH3 is 3. The number of carboxylic acid groups (broad SMARTS) is 1. The molecular weight excluding hydrogens is 502 g/mol. The molecule has 3 aromatic rings. The maximum absolute atomic E-state index is 12.2. The minimum absolute atomic E-state index is 0.103. The zero-order chi connectivity index (χ0) is 28.1. The van der Waals surface area contributed by atoms with Gasteiger partial charge in [-0.2, -0.15) is 0 Å². The molecule has 0 aliphatic heterocycles. The van der Waals surface area contributed by atoms with E-state index in [4.69, 9.17) is 18.9 Å². The maximum atomic E-state index is 12.2. The molecule has 0 fully saturated rings. The molecule has 2 N–H and O–H groups in total. The average molecular weight is 538 g/mol. The van der Waals surface area contributed by atoms with Crippen LogP contribution in [0.3, 0.4) is 0 Å². The van der Waals surface area contributed by atoms with Crippen molar-refractivity contribution in [1.82, 2.24) is 4.57 Å². The summed E-state index contributed by atoms with van der Waals surface area (Å²) in [5.74, 6) is -0.443. The minimum atomic E-state index is -1.04. The molecule has 2 atom stereocenters. The number of rotatable bonds is 12. The first-order chi connectivity index (χ1) is 18.7. The Morgan fingerprint density at radius 1 is 1.03 bits per heavy atom. The fourth-order valence-corrected chi connectivity index (χ4v) is 5.21. The molecule has 0 saturated heterocycles. The van der Waals surface area contributed by atoms with Gasteiger partial charge in [0.1, 0.15) is 17.6 Å². The van der Waals surface area contributed by atoms with Gasteiger partial charge < -0.3 is 33.7 Å². The molecule has 0 amide bonds. The van der Waals surface area contributed by atoms with Crippen molar-refractivity contribution in [2.24, 2.45) is 0 Å². The number of nitrogens with zero attached hydrogens (tertiary/aromatic N) is 1. The third-order valence-corrected chi connectivity index (χ3v) is 7.23. The molecule has 0 saturated carbocycles. The third-order valence-electron chi connectivity index (χ3n) is 7.23. The topological polar surface area (TPSA) is 116 Å². The number of carbonyl (C=O) groups is 2. The van der Waals surface area contributed by atoms with Crippen LogP contribution in [0.15, 0.2) is 48.8 Å². The number of aromatic nitrogens is 1. The standard InChI is InChI=1S/C30H35NO8/c1-18-26(36-2)13-21(14-27(18)37-3)29(34)25(39-23-11-19-7-5-6-8-20(19)12-23)9-10-31-16-22(15-28(32)33)24(17-31)30(35)38-4/h5-8,13-14,16-17,23,25,29,34H,9-12,15H2,1-4H3,(H,32,33)/t25-,29+/m0/s1. The van der Waals surface area contributed by atoms with Gasteiger partial charge >= 0.3 is 11.9 Å². The summed E-state index contributed by atoms with van der Waals surface area (Å²) >= 11 is 0. The van der Waals surface area contributed by atoms with E-state index in [0.29, 0.717) is 35.6 Å². The van der Waals surface area contributed by atoms with Crippen molar-refractivity contribution in [3.63, 3.8) is 0 Å². The second kappa shape index (κ2) is 12.4. The zero-order valence-corrected chi connectivity index (χ0v) is 22.7. The number of carboxylic acids is 1. The molecule has 0 unspecified atom stereocenters. The molecule has 4 rings (SSSR count). The van der Waals surface area contributed by atoms with Crippen LogP contribution in [0.1, 0.15) is 50.7 Å². The van der Waals surface area contributed by atoms with Crippen molar-refractivity contribution in [2.45, 2.75) is 57.5 Å². The summed E-state index contributed by atoms with van der Waals surface area (Å²) in [5.41, 5.74) is 4.47. The Morgan fingerprint density at radius 3 is 2.18 bits per heavy atom. The van der Waals surface area contributed by atoms with Gasteiger partial charge in [0, 0.05) is 24.5 Å². The Morgan fingerprint density at radius 2 is 1.64 bits per heavy atom. The molecule has 2 aromatic carbocycles. The van der Waals surface area contributed by atoms with E-state index >= 15 is 0 Å². The van der Waals surface area contributed by atoms with Crippen molar-refractivity contribution >= 4 is 11.9 Å². The molecule has 1 heterocycles. The molecule has 0 radical (unpaired) electrons. The molecule has 0 bridgehead atoms. The van der Waals surface area contributed by atoms with Crippen LogP contribution >= 0.6 is 0 Å². The summed E-state index contributed by atoms with van der Waals surface area (Å²) in [6.45, 7) is 2.27. The number of carbonyl (C=O) groups excluding carboxylic acids is 1. The summed E-state index contributed by atoms with van der Waals surface area (Å²) < 4.78 is 24.2. The fraction of sp³-hybridized carbons (Fsp3) is 0.400. The molecule has 9 nitrogen and oxygen atoms in total. The van der Waals surface area contributed by atoms with E-state index < -0.39 is 24.1 Å². The van der Waals surface area contributed by atoms with Crippen LogP contribution in [0.2, 0.25) is 0 Å². The van der Waals surface area contributed by atoms with Crippen molar-refractivity contribution in [3.8, 4) is 11.5 Å². The van der Waals surface area contributed by atoms with Gasteiger partial charge in [0.15, 0.2) is 0 Å². The Kier molecular flexibility index (Phi) is 8.93. The number of benzene rings is 2. The lowest BCUT2D eigenvalue weighted by atomic mass is 9.99. The molecular formula is C30H35NO8. The number of aliphatic hydroxyl groups is 1. The summed E-state index contributed by atoms with van der Waals surface area (Å²) in [5, 5.41) is 20.9. The fourth-order valence-electron chi connectivity index (χ4n) is 5.21. The Bertz CT molecular complexity index is 1280. The SMILES string of the molecule is COC(=O)c1cn(CC[C@H](OC2Cc3ccccc3C2)[C@H](O)c2cc(OC)c(C)c(OC)c2)cc1CC(=O)O. The highest BCUT2D eigenvalue weighted by Crippen LogP contribution is 2.35. The lowest BCUT2D eigenvalue weighted by Gasteiger charge is -2.28. The Balaban J connectivity index is 1.60. The van der Waals surface area contributed by atoms with Gasteiger partial charge in [0.05, 0.1) is 45.5 Å². The highest BCUT2D eigenvalue weighted by Gasteiger charge is 2.30. The van der Waals surface area contributed by atoms with Crippen LogP contribution in [0.25, 0.3) is 0 Å². The second-order valence-corrected chi connectivity index (χ2v) is 9.75. The number of hydrogen-bond donors (Lipinski definition) is 2. The van der Waals surface area contributed by atoms with E-state index in [1.54, 1.807) is 43.3 Å². The summed E-state index contributed by atoms with van der Waals surface area (Å²) in [7, 11) is 4.40. The number of ether oxygens (including phenoxy) is 4. The van der Waals surface area contributed by atoms with Gasteiger partial charge in [0.25, 0.3) is 0 Å². The minimum Gasteiger partial charge on any atom is -0.496 e. The summed E-state index contributed by atoms with van der Waals surface area (Å²) in [6, 6.07) is 11.8. The molecule has 0 spiro atoms. The van der Waals surface area contributed by atoms with Gasteiger partial charge in [-0.05, 0) is 60.6 Å². The van der Waals surface area contributed by atoms with E-state index in [9.17, 15) is 19.8 Å². The quantitative estimate of drug-likeness (QED) is 0.334. The number of fused-ring (bicyclic) bond motifs is 1. The van der Waals surface area contributed by atoms with Gasteiger partial charge in [-0.1, -0.05) is 24.3 Å². The average Bonchev–Trinajstić information content (AvgIpc) is 3.53. The van der Waals surface area contributed by atoms with Crippen molar-refractivity contribution in [2.75, 3.05) is 21.3 Å². The van der Waals surface area contributed by atoms with Crippen LogP contribution in [0.4, 0.5) is 0 Å². The van der Waals surface area contributed by atoms with Gasteiger partial charge in [-0.15, -0.1) is 0 Å². The van der Waals surface area contributed by atoms with E-state index in [1.807, 2.05) is 19.1 Å². The lowest BCUT2D eigenvalue weighted by Crippen LogP contribution is -2.30.